The van der Waals surface area contributed by atoms with Gasteiger partial charge in [0, 0.05) is 6.54 Å². The predicted octanol–water partition coefficient (Wildman–Crippen LogP) is 3.23. The number of ether oxygens (including phenoxy) is 1. The van der Waals surface area contributed by atoms with Crippen molar-refractivity contribution >= 4 is 37.5 Å². The van der Waals surface area contributed by atoms with Gasteiger partial charge in [-0.05, 0) is 48.7 Å². The number of carbonyl (C=O) groups is 1. The summed E-state index contributed by atoms with van der Waals surface area (Å²) in [6.45, 7) is 5.74. The Hall–Kier alpha value is -2.49. The first-order valence-corrected chi connectivity index (χ1v) is 11.8. The number of nitrogens with zero attached hydrogens (tertiary/aromatic N) is 1. The van der Waals surface area contributed by atoms with Crippen LogP contribution in [0.4, 0.5) is 0 Å². The minimum Gasteiger partial charge on any atom is -0.497 e. The van der Waals surface area contributed by atoms with Gasteiger partial charge in [0.2, 0.25) is 15.9 Å². The van der Waals surface area contributed by atoms with Crippen molar-refractivity contribution in [2.45, 2.75) is 38.3 Å². The van der Waals surface area contributed by atoms with Gasteiger partial charge in [0.05, 0.1) is 27.2 Å². The van der Waals surface area contributed by atoms with Crippen LogP contribution < -0.4 is 14.8 Å². The summed E-state index contributed by atoms with van der Waals surface area (Å²) < 4.78 is 34.4. The number of nitrogens with one attached hydrogen (secondary N) is 2. The van der Waals surface area contributed by atoms with Crippen LogP contribution in [0.25, 0.3) is 10.2 Å². The van der Waals surface area contributed by atoms with E-state index < -0.39 is 16.1 Å². The Morgan fingerprint density at radius 2 is 1.97 bits per heavy atom. The normalized spacial score (nSPS) is 12.8. The number of thiazole rings is 1. The molecule has 2 aromatic carbocycles. The molecule has 30 heavy (non-hydrogen) atoms. The summed E-state index contributed by atoms with van der Waals surface area (Å²) in [6.07, 6.45) is 0. The third-order valence-corrected chi connectivity index (χ3v) is 6.98. The Kier molecular flexibility index (Phi) is 6.74. The number of aromatic nitrogens is 1. The number of methoxy groups -OCH3 is 1. The summed E-state index contributed by atoms with van der Waals surface area (Å²) in [7, 11) is -2.30. The second-order valence-electron chi connectivity index (χ2n) is 7.27. The maximum Gasteiger partial charge on any atom is 0.241 e. The molecule has 3 aromatic rings. The lowest BCUT2D eigenvalue weighted by molar-refractivity contribution is -0.123. The molecular formula is C21H25N3O4S2. The van der Waals surface area contributed by atoms with Gasteiger partial charge in [-0.1, -0.05) is 26.0 Å². The molecule has 0 saturated heterocycles. The molecule has 0 fully saturated rings. The monoisotopic (exact) mass is 447 g/mol. The zero-order valence-electron chi connectivity index (χ0n) is 17.3. The van der Waals surface area contributed by atoms with Crippen LogP contribution >= 0.6 is 11.3 Å². The summed E-state index contributed by atoms with van der Waals surface area (Å²) in [6, 6.07) is 11.2. The van der Waals surface area contributed by atoms with Crippen LogP contribution in [-0.4, -0.2) is 32.5 Å². The number of fused-ring (bicyclic) bond motifs is 1. The molecule has 1 aromatic heterocycles. The van der Waals surface area contributed by atoms with Crippen molar-refractivity contribution in [2.75, 3.05) is 7.11 Å². The molecule has 0 aliphatic carbocycles. The average molecular weight is 448 g/mol. The first-order valence-electron chi connectivity index (χ1n) is 9.50. The molecule has 7 nitrogen and oxygen atoms in total. The molecule has 0 spiro atoms. The molecule has 0 saturated carbocycles. The molecule has 1 atom stereocenters. The Labute approximate surface area is 180 Å². The van der Waals surface area contributed by atoms with E-state index in [0.717, 1.165) is 20.8 Å². The fourth-order valence-electron chi connectivity index (χ4n) is 3.00. The number of aryl methyl sites for hydroxylation is 1. The highest BCUT2D eigenvalue weighted by atomic mass is 32.2. The van der Waals surface area contributed by atoms with E-state index >= 15 is 0 Å². The van der Waals surface area contributed by atoms with E-state index in [9.17, 15) is 13.2 Å². The molecule has 1 heterocycles. The van der Waals surface area contributed by atoms with E-state index in [1.165, 1.54) is 17.4 Å². The van der Waals surface area contributed by atoms with Gasteiger partial charge in [-0.3, -0.25) is 4.79 Å². The van der Waals surface area contributed by atoms with Gasteiger partial charge < -0.3 is 10.1 Å². The molecule has 0 unspecified atom stereocenters. The Balaban J connectivity index is 1.74. The number of carbonyl (C=O) groups excluding carboxylic acids is 1. The summed E-state index contributed by atoms with van der Waals surface area (Å²) in [5, 5.41) is 3.67. The molecule has 1 amide bonds. The van der Waals surface area contributed by atoms with E-state index in [1.807, 2.05) is 31.2 Å². The van der Waals surface area contributed by atoms with E-state index in [2.05, 4.69) is 15.0 Å². The lowest BCUT2D eigenvalue weighted by Gasteiger charge is -2.21. The number of hydrogen-bond acceptors (Lipinski definition) is 6. The number of hydrogen-bond donors (Lipinski definition) is 2. The summed E-state index contributed by atoms with van der Waals surface area (Å²) in [4.78, 5) is 17.2. The highest BCUT2D eigenvalue weighted by Gasteiger charge is 2.28. The molecule has 9 heteroatoms. The van der Waals surface area contributed by atoms with Gasteiger partial charge in [-0.25, -0.2) is 13.4 Å². The smallest absolute Gasteiger partial charge is 0.241 e. The van der Waals surface area contributed by atoms with Crippen molar-refractivity contribution in [1.29, 1.82) is 0 Å². The van der Waals surface area contributed by atoms with Gasteiger partial charge in [-0.2, -0.15) is 4.72 Å². The van der Waals surface area contributed by atoms with Crippen LogP contribution in [-0.2, 0) is 21.4 Å². The Morgan fingerprint density at radius 3 is 2.67 bits per heavy atom. The number of rotatable bonds is 8. The fraction of sp³-hybridized carbons (Fsp3) is 0.333. The van der Waals surface area contributed by atoms with Crippen molar-refractivity contribution in [3.05, 3.63) is 53.0 Å². The van der Waals surface area contributed by atoms with Gasteiger partial charge in [0.15, 0.2) is 0 Å². The van der Waals surface area contributed by atoms with Gasteiger partial charge >= 0.3 is 0 Å². The van der Waals surface area contributed by atoms with Crippen LogP contribution in [0, 0.1) is 12.8 Å². The molecule has 0 radical (unpaired) electrons. The lowest BCUT2D eigenvalue weighted by Crippen LogP contribution is -2.49. The first kappa shape index (κ1) is 22.2. The van der Waals surface area contributed by atoms with Crippen LogP contribution in [0.1, 0.15) is 24.4 Å². The van der Waals surface area contributed by atoms with E-state index in [4.69, 9.17) is 4.74 Å². The molecule has 0 aliphatic rings. The van der Waals surface area contributed by atoms with Gasteiger partial charge in [0.25, 0.3) is 0 Å². The van der Waals surface area contributed by atoms with Gasteiger partial charge in [0.1, 0.15) is 11.8 Å². The fourth-order valence-corrected chi connectivity index (χ4v) is 5.31. The maximum atomic E-state index is 12.9. The second kappa shape index (κ2) is 9.11. The van der Waals surface area contributed by atoms with E-state index in [-0.39, 0.29) is 23.3 Å². The van der Waals surface area contributed by atoms with Crippen molar-refractivity contribution in [3.63, 3.8) is 0 Å². The lowest BCUT2D eigenvalue weighted by atomic mass is 10.0. The minimum absolute atomic E-state index is 0.116. The summed E-state index contributed by atoms with van der Waals surface area (Å²) >= 11 is 1.43. The standard InChI is InChI=1S/C21H25N3O4S2/c1-13(2)20(21(25)22-12-15-6-5-7-16(10-15)28-4)24-30(26,27)17-8-9-18-19(11-17)29-14(3)23-18/h5-11,13,20,24H,12H2,1-4H3,(H,22,25)/t20-/m1/s1. The van der Waals surface area contributed by atoms with Crippen LogP contribution in [0.2, 0.25) is 0 Å². The highest BCUT2D eigenvalue weighted by molar-refractivity contribution is 7.89. The third kappa shape index (κ3) is 5.16. The molecule has 0 aliphatic heterocycles. The Bertz CT molecular complexity index is 1160. The number of sulfonamides is 1. The summed E-state index contributed by atoms with van der Waals surface area (Å²) in [5.74, 6) is 0.0714. The van der Waals surface area contributed by atoms with Crippen LogP contribution in [0.3, 0.4) is 0 Å². The zero-order chi connectivity index (χ0) is 21.9. The molecule has 3 rings (SSSR count). The number of benzene rings is 2. The van der Waals surface area contributed by atoms with Crippen LogP contribution in [0.15, 0.2) is 47.4 Å². The molecule has 2 N–H and O–H groups in total. The second-order valence-corrected chi connectivity index (χ2v) is 10.2. The zero-order valence-corrected chi connectivity index (χ0v) is 18.9. The maximum absolute atomic E-state index is 12.9. The van der Waals surface area contributed by atoms with Crippen molar-refractivity contribution in [1.82, 2.24) is 15.0 Å². The third-order valence-electron chi connectivity index (χ3n) is 4.61. The molecule has 160 valence electrons. The van der Waals surface area contributed by atoms with Crippen molar-refractivity contribution < 1.29 is 17.9 Å². The topological polar surface area (TPSA) is 97.4 Å². The largest absolute Gasteiger partial charge is 0.497 e. The van der Waals surface area contributed by atoms with Gasteiger partial charge in [-0.15, -0.1) is 11.3 Å². The van der Waals surface area contributed by atoms with Crippen molar-refractivity contribution in [3.8, 4) is 5.75 Å². The number of amides is 1. The van der Waals surface area contributed by atoms with Crippen molar-refractivity contribution in [2.24, 2.45) is 5.92 Å². The molecular weight excluding hydrogens is 422 g/mol. The predicted molar refractivity (Wildman–Crippen MR) is 118 cm³/mol. The molecule has 0 bridgehead atoms. The quantitative estimate of drug-likeness (QED) is 0.553. The van der Waals surface area contributed by atoms with E-state index in [1.54, 1.807) is 33.1 Å². The Morgan fingerprint density at radius 1 is 1.20 bits per heavy atom. The summed E-state index contributed by atoms with van der Waals surface area (Å²) in [5.41, 5.74) is 1.62. The van der Waals surface area contributed by atoms with Crippen LogP contribution in [0.5, 0.6) is 5.75 Å². The van der Waals surface area contributed by atoms with E-state index in [0.29, 0.717) is 5.75 Å². The first-order chi connectivity index (χ1) is 14.2. The SMILES string of the molecule is COc1cccc(CNC(=O)[C@H](NS(=O)(=O)c2ccc3nc(C)sc3c2)C(C)C)c1. The minimum atomic E-state index is -3.88. The highest BCUT2D eigenvalue weighted by Crippen LogP contribution is 2.25. The average Bonchev–Trinajstić information content (AvgIpc) is 3.09.